The van der Waals surface area contributed by atoms with E-state index in [1.807, 2.05) is 42.5 Å². The number of ether oxygens (including phenoxy) is 2. The standard InChI is InChI=1S/C29H30N6O3/c30-17-26-25-11-10-24(37-15-13-34-19-31-18-32-34)16-27(25)35(23-2-1-3-23)28(26)21-6-8-22(9-7-21)33-29(36)38-14-12-20-4-5-20/h6-11,16,18-20,23H,1-5,12-15H2,(H,33,36). The Hall–Kier alpha value is -4.32. The average molecular weight is 511 g/mol. The predicted molar refractivity (Wildman–Crippen MR) is 143 cm³/mol. The Balaban J connectivity index is 1.25. The van der Waals surface area contributed by atoms with Crippen molar-refractivity contribution in [1.29, 1.82) is 5.26 Å². The van der Waals surface area contributed by atoms with E-state index in [1.165, 1.54) is 25.6 Å². The zero-order valence-corrected chi connectivity index (χ0v) is 21.2. The van der Waals surface area contributed by atoms with Crippen LogP contribution in [0.15, 0.2) is 55.1 Å². The van der Waals surface area contributed by atoms with Gasteiger partial charge in [0.15, 0.2) is 0 Å². The van der Waals surface area contributed by atoms with Gasteiger partial charge >= 0.3 is 6.09 Å². The fourth-order valence-electron chi connectivity index (χ4n) is 5.00. The van der Waals surface area contributed by atoms with Crippen LogP contribution in [0, 0.1) is 17.2 Å². The highest BCUT2D eigenvalue weighted by Gasteiger charge is 2.28. The van der Waals surface area contributed by atoms with Gasteiger partial charge in [-0.1, -0.05) is 25.0 Å². The van der Waals surface area contributed by atoms with E-state index in [-0.39, 0.29) is 0 Å². The van der Waals surface area contributed by atoms with E-state index >= 15 is 0 Å². The highest BCUT2D eigenvalue weighted by atomic mass is 16.5. The number of aromatic nitrogens is 4. The van der Waals surface area contributed by atoms with Gasteiger partial charge in [0.1, 0.15) is 31.1 Å². The molecule has 38 heavy (non-hydrogen) atoms. The van der Waals surface area contributed by atoms with E-state index in [9.17, 15) is 10.1 Å². The van der Waals surface area contributed by atoms with E-state index in [2.05, 4.69) is 26.0 Å². The molecule has 2 saturated carbocycles. The Labute approximate surface area is 221 Å². The summed E-state index contributed by atoms with van der Waals surface area (Å²) in [5.74, 6) is 1.48. The minimum atomic E-state index is -0.434. The maximum Gasteiger partial charge on any atom is 0.411 e. The fraction of sp³-hybridized carbons (Fsp3) is 0.379. The molecule has 0 radical (unpaired) electrons. The molecule has 2 fully saturated rings. The largest absolute Gasteiger partial charge is 0.492 e. The molecule has 1 N–H and O–H groups in total. The van der Waals surface area contributed by atoms with Gasteiger partial charge in [-0.15, -0.1) is 0 Å². The molecule has 0 spiro atoms. The number of nitrogens with zero attached hydrogens (tertiary/aromatic N) is 5. The van der Waals surface area contributed by atoms with Crippen LogP contribution in [-0.2, 0) is 11.3 Å². The zero-order valence-electron chi connectivity index (χ0n) is 21.2. The molecule has 0 bridgehead atoms. The highest BCUT2D eigenvalue weighted by Crippen LogP contribution is 2.43. The molecule has 9 heteroatoms. The molecule has 0 aliphatic heterocycles. The number of hydrogen-bond donors (Lipinski definition) is 1. The third kappa shape index (κ3) is 5.07. The van der Waals surface area contributed by atoms with Crippen molar-refractivity contribution in [3.63, 3.8) is 0 Å². The summed E-state index contributed by atoms with van der Waals surface area (Å²) >= 11 is 0. The molecule has 2 aromatic carbocycles. The number of amides is 1. The van der Waals surface area contributed by atoms with Crippen LogP contribution in [0.3, 0.4) is 0 Å². The lowest BCUT2D eigenvalue weighted by Crippen LogP contribution is -2.18. The second-order valence-corrected chi connectivity index (χ2v) is 10.0. The van der Waals surface area contributed by atoms with Crippen LogP contribution in [0.5, 0.6) is 5.75 Å². The van der Waals surface area contributed by atoms with E-state index in [4.69, 9.17) is 9.47 Å². The van der Waals surface area contributed by atoms with Crippen molar-refractivity contribution in [3.8, 4) is 23.1 Å². The monoisotopic (exact) mass is 510 g/mol. The van der Waals surface area contributed by atoms with Gasteiger partial charge in [0.25, 0.3) is 0 Å². The van der Waals surface area contributed by atoms with Gasteiger partial charge in [-0.25, -0.2) is 14.5 Å². The number of carbonyl (C=O) groups is 1. The van der Waals surface area contributed by atoms with Crippen LogP contribution < -0.4 is 10.1 Å². The van der Waals surface area contributed by atoms with Gasteiger partial charge in [-0.05, 0) is 61.4 Å². The number of fused-ring (bicyclic) bond motifs is 1. The Morgan fingerprint density at radius 1 is 1.11 bits per heavy atom. The summed E-state index contributed by atoms with van der Waals surface area (Å²) < 4.78 is 15.4. The molecule has 2 aromatic heterocycles. The normalized spacial score (nSPS) is 15.1. The SMILES string of the molecule is N#Cc1c(-c2ccc(NC(=O)OCCC3CC3)cc2)n(C2CCC2)c2cc(OCCn3cncn3)ccc12. The first-order valence-corrected chi connectivity index (χ1v) is 13.3. The van der Waals surface area contributed by atoms with E-state index in [1.54, 1.807) is 11.0 Å². The molecule has 2 heterocycles. The van der Waals surface area contributed by atoms with Crippen LogP contribution in [-0.4, -0.2) is 38.6 Å². The molecule has 0 atom stereocenters. The molecule has 4 aromatic rings. The number of anilines is 1. The highest BCUT2D eigenvalue weighted by molar-refractivity contribution is 5.96. The van der Waals surface area contributed by atoms with Crippen LogP contribution in [0.25, 0.3) is 22.2 Å². The van der Waals surface area contributed by atoms with Crippen LogP contribution in [0.2, 0.25) is 0 Å². The number of nitrogens with one attached hydrogen (secondary N) is 1. The maximum absolute atomic E-state index is 12.2. The summed E-state index contributed by atoms with van der Waals surface area (Å²) in [7, 11) is 0. The van der Waals surface area contributed by atoms with Gasteiger partial charge in [-0.3, -0.25) is 5.32 Å². The molecule has 2 aliphatic carbocycles. The van der Waals surface area contributed by atoms with Gasteiger partial charge in [0, 0.05) is 23.2 Å². The Bertz CT molecular complexity index is 1460. The van der Waals surface area contributed by atoms with Crippen molar-refractivity contribution in [2.24, 2.45) is 5.92 Å². The number of nitriles is 1. The molecule has 6 rings (SSSR count). The van der Waals surface area contributed by atoms with Crippen molar-refractivity contribution in [3.05, 3.63) is 60.7 Å². The minimum Gasteiger partial charge on any atom is -0.492 e. The van der Waals surface area contributed by atoms with Crippen molar-refractivity contribution in [2.45, 2.75) is 51.1 Å². The molecule has 0 saturated heterocycles. The lowest BCUT2D eigenvalue weighted by Gasteiger charge is -2.30. The number of rotatable bonds is 10. The fourth-order valence-corrected chi connectivity index (χ4v) is 5.00. The van der Waals surface area contributed by atoms with Gasteiger partial charge in [-0.2, -0.15) is 10.4 Å². The van der Waals surface area contributed by atoms with E-state index in [0.29, 0.717) is 37.1 Å². The smallest absolute Gasteiger partial charge is 0.411 e. The number of benzene rings is 2. The summed E-state index contributed by atoms with van der Waals surface area (Å²) in [4.78, 5) is 16.1. The topological polar surface area (TPSA) is 107 Å². The molecule has 1 amide bonds. The molecule has 2 aliphatic rings. The molecular formula is C29H30N6O3. The summed E-state index contributed by atoms with van der Waals surface area (Å²) in [5, 5.41) is 18.0. The molecule has 9 nitrogen and oxygen atoms in total. The number of hydrogen-bond acceptors (Lipinski definition) is 6. The summed E-state index contributed by atoms with van der Waals surface area (Å²) in [6.45, 7) is 1.52. The van der Waals surface area contributed by atoms with Crippen molar-refractivity contribution < 1.29 is 14.3 Å². The van der Waals surface area contributed by atoms with E-state index < -0.39 is 6.09 Å². The van der Waals surface area contributed by atoms with Crippen molar-refractivity contribution in [2.75, 3.05) is 18.5 Å². The van der Waals surface area contributed by atoms with E-state index in [0.717, 1.165) is 53.1 Å². The maximum atomic E-state index is 12.2. The van der Waals surface area contributed by atoms with Gasteiger partial charge in [0.05, 0.1) is 29.9 Å². The van der Waals surface area contributed by atoms with Crippen LogP contribution in [0.4, 0.5) is 10.5 Å². The van der Waals surface area contributed by atoms with Crippen molar-refractivity contribution >= 4 is 22.7 Å². The zero-order chi connectivity index (χ0) is 25.9. The third-order valence-electron chi connectivity index (χ3n) is 7.44. The first kappa shape index (κ1) is 24.0. The quantitative estimate of drug-likeness (QED) is 0.284. The Kier molecular flexibility index (Phi) is 6.69. The predicted octanol–water partition coefficient (Wildman–Crippen LogP) is 5.92. The van der Waals surface area contributed by atoms with Gasteiger partial charge < -0.3 is 14.0 Å². The van der Waals surface area contributed by atoms with Gasteiger partial charge in [0.2, 0.25) is 0 Å². The number of carbonyl (C=O) groups excluding carboxylic acids is 1. The summed E-state index contributed by atoms with van der Waals surface area (Å²) in [6.07, 6.45) is 9.48. The average Bonchev–Trinajstić information content (AvgIpc) is 3.46. The third-order valence-corrected chi connectivity index (χ3v) is 7.44. The molecule has 194 valence electrons. The molecule has 0 unspecified atom stereocenters. The lowest BCUT2D eigenvalue weighted by atomic mass is 9.92. The second-order valence-electron chi connectivity index (χ2n) is 10.0. The first-order chi connectivity index (χ1) is 18.7. The summed E-state index contributed by atoms with van der Waals surface area (Å²) in [6, 6.07) is 16.4. The first-order valence-electron chi connectivity index (χ1n) is 13.3. The lowest BCUT2D eigenvalue weighted by molar-refractivity contribution is 0.158. The van der Waals surface area contributed by atoms with Crippen molar-refractivity contribution in [1.82, 2.24) is 19.3 Å². The van der Waals surface area contributed by atoms with Crippen LogP contribution >= 0.6 is 0 Å². The van der Waals surface area contributed by atoms with Crippen LogP contribution in [0.1, 0.15) is 50.1 Å². The Morgan fingerprint density at radius 3 is 2.63 bits per heavy atom. The second kappa shape index (κ2) is 10.6. The Morgan fingerprint density at radius 2 is 1.95 bits per heavy atom. The molecular weight excluding hydrogens is 480 g/mol. The minimum absolute atomic E-state index is 0.333. The summed E-state index contributed by atoms with van der Waals surface area (Å²) in [5.41, 5.74) is 4.16.